The van der Waals surface area contributed by atoms with Crippen LogP contribution < -0.4 is 5.32 Å². The first kappa shape index (κ1) is 8.26. The number of hydrogen-bond acceptors (Lipinski definition) is 3. The molecule has 0 spiro atoms. The largest absolute Gasteiger partial charge is 0.332 e. The zero-order valence-corrected chi connectivity index (χ0v) is 8.12. The number of hydrogen-bond donors (Lipinski definition) is 1. The van der Waals surface area contributed by atoms with Gasteiger partial charge in [-0.3, -0.25) is 0 Å². The molecule has 3 nitrogen and oxygen atoms in total. The first-order chi connectivity index (χ1) is 6.86. The number of fused-ring (bicyclic) bond motifs is 3. The van der Waals surface area contributed by atoms with E-state index in [2.05, 4.69) is 24.4 Å². The van der Waals surface area contributed by atoms with Gasteiger partial charge in [-0.2, -0.15) is 0 Å². The molecule has 2 aliphatic rings. The van der Waals surface area contributed by atoms with Crippen LogP contribution in [0, 0.1) is 0 Å². The van der Waals surface area contributed by atoms with Crippen LogP contribution >= 0.6 is 0 Å². The third kappa shape index (κ3) is 0.996. The van der Waals surface area contributed by atoms with Gasteiger partial charge in [0.2, 0.25) is 0 Å². The van der Waals surface area contributed by atoms with Gasteiger partial charge >= 0.3 is 0 Å². The van der Waals surface area contributed by atoms with E-state index in [0.717, 1.165) is 18.7 Å². The Morgan fingerprint density at radius 2 is 2.36 bits per heavy atom. The molecule has 2 aliphatic heterocycles. The second kappa shape index (κ2) is 2.72. The van der Waals surface area contributed by atoms with Crippen molar-refractivity contribution in [2.24, 2.45) is 0 Å². The van der Waals surface area contributed by atoms with E-state index in [4.69, 9.17) is 9.47 Å². The summed E-state index contributed by atoms with van der Waals surface area (Å²) in [6.07, 6.45) is 1.11. The minimum atomic E-state index is -0.528. The summed E-state index contributed by atoms with van der Waals surface area (Å²) in [7, 11) is 0. The third-order valence-electron chi connectivity index (χ3n) is 2.65. The zero-order chi connectivity index (χ0) is 9.60. The smallest absolute Gasteiger partial charge is 0.282 e. The van der Waals surface area contributed by atoms with Crippen LogP contribution in [0.25, 0.3) is 0 Å². The molecule has 1 aromatic rings. The molecule has 3 rings (SSSR count). The van der Waals surface area contributed by atoms with Gasteiger partial charge in [0.15, 0.2) is 6.10 Å². The van der Waals surface area contributed by atoms with Crippen molar-refractivity contribution >= 4 is 5.69 Å². The molecule has 74 valence electrons. The van der Waals surface area contributed by atoms with Gasteiger partial charge < -0.3 is 14.8 Å². The number of para-hydroxylation sites is 1. The van der Waals surface area contributed by atoms with Gasteiger partial charge in [0.05, 0.1) is 6.61 Å². The van der Waals surface area contributed by atoms with E-state index in [-0.39, 0.29) is 6.10 Å². The van der Waals surface area contributed by atoms with Crippen LogP contribution in [0.1, 0.15) is 25.0 Å². The third-order valence-corrected chi connectivity index (χ3v) is 2.65. The summed E-state index contributed by atoms with van der Waals surface area (Å²) in [6, 6.07) is 8.18. The van der Waals surface area contributed by atoms with Gasteiger partial charge in [-0.05, 0) is 12.5 Å². The number of anilines is 1. The highest BCUT2D eigenvalue weighted by molar-refractivity contribution is 5.61. The summed E-state index contributed by atoms with van der Waals surface area (Å²) in [4.78, 5) is 0. The van der Waals surface area contributed by atoms with Crippen LogP contribution in [0.3, 0.4) is 0 Å². The molecule has 2 unspecified atom stereocenters. The molecule has 0 saturated carbocycles. The van der Waals surface area contributed by atoms with Crippen LogP contribution in [0.5, 0.6) is 0 Å². The van der Waals surface area contributed by atoms with Crippen molar-refractivity contribution in [2.75, 3.05) is 11.9 Å². The fraction of sp³-hybridized carbons (Fsp3) is 0.455. The number of rotatable bonds is 3. The predicted molar refractivity (Wildman–Crippen MR) is 52.9 cm³/mol. The molecule has 1 saturated heterocycles. The van der Waals surface area contributed by atoms with Crippen molar-refractivity contribution in [1.29, 1.82) is 0 Å². The average molecular weight is 191 g/mol. The second-order valence-electron chi connectivity index (χ2n) is 3.73. The molecule has 0 bridgehead atoms. The zero-order valence-electron chi connectivity index (χ0n) is 8.12. The van der Waals surface area contributed by atoms with Crippen molar-refractivity contribution < 1.29 is 9.47 Å². The van der Waals surface area contributed by atoms with Crippen LogP contribution in [-0.2, 0) is 9.47 Å². The maximum atomic E-state index is 5.66. The normalized spacial score (nSPS) is 31.9. The van der Waals surface area contributed by atoms with Gasteiger partial charge in [0.1, 0.15) is 0 Å². The Morgan fingerprint density at radius 3 is 3.14 bits per heavy atom. The van der Waals surface area contributed by atoms with Crippen LogP contribution in [0.2, 0.25) is 0 Å². The molecule has 1 fully saturated rings. The highest BCUT2D eigenvalue weighted by Gasteiger charge is 2.64. The summed E-state index contributed by atoms with van der Waals surface area (Å²) in [6.45, 7) is 2.83. The minimum absolute atomic E-state index is 0.102. The number of benzene rings is 1. The Morgan fingerprint density at radius 1 is 1.50 bits per heavy atom. The van der Waals surface area contributed by atoms with Crippen molar-refractivity contribution in [2.45, 2.75) is 25.4 Å². The van der Waals surface area contributed by atoms with E-state index in [0.29, 0.717) is 0 Å². The second-order valence-corrected chi connectivity index (χ2v) is 3.73. The first-order valence-corrected chi connectivity index (χ1v) is 5.04. The van der Waals surface area contributed by atoms with Gasteiger partial charge in [-0.15, -0.1) is 0 Å². The lowest BCUT2D eigenvalue weighted by Crippen LogP contribution is -2.24. The standard InChI is InChI=1S/C11H13NO2/c1-2-7-13-11-10(14-11)8-5-3-4-6-9(8)12-11/h3-6,10,12H,2,7H2,1H3. The van der Waals surface area contributed by atoms with Gasteiger partial charge in [0, 0.05) is 11.3 Å². The molecule has 1 N–H and O–H groups in total. The van der Waals surface area contributed by atoms with Gasteiger partial charge in [0.25, 0.3) is 5.91 Å². The molecule has 1 aromatic carbocycles. The van der Waals surface area contributed by atoms with Gasteiger partial charge in [-0.1, -0.05) is 25.1 Å². The Hall–Kier alpha value is -1.06. The first-order valence-electron chi connectivity index (χ1n) is 5.04. The molecular weight excluding hydrogens is 178 g/mol. The molecule has 3 heteroatoms. The lowest BCUT2D eigenvalue weighted by atomic mass is 10.1. The molecular formula is C11H13NO2. The number of ether oxygens (including phenoxy) is 2. The Labute approximate surface area is 83.0 Å². The molecule has 0 amide bonds. The molecule has 2 heterocycles. The summed E-state index contributed by atoms with van der Waals surface area (Å²) in [5, 5.41) is 3.28. The molecule has 0 radical (unpaired) electrons. The van der Waals surface area contributed by atoms with Crippen molar-refractivity contribution in [3.05, 3.63) is 29.8 Å². The van der Waals surface area contributed by atoms with Crippen LogP contribution in [-0.4, -0.2) is 12.5 Å². The SMILES string of the molecule is CCCOC12Nc3ccccc3C1O2. The topological polar surface area (TPSA) is 33.8 Å². The van der Waals surface area contributed by atoms with E-state index in [1.165, 1.54) is 5.56 Å². The summed E-state index contributed by atoms with van der Waals surface area (Å²) in [5.41, 5.74) is 2.35. The Balaban J connectivity index is 1.82. The number of nitrogens with one attached hydrogen (secondary N) is 1. The van der Waals surface area contributed by atoms with E-state index in [1.807, 2.05) is 12.1 Å². The molecule has 14 heavy (non-hydrogen) atoms. The Bertz CT molecular complexity index is 366. The molecule has 0 aliphatic carbocycles. The van der Waals surface area contributed by atoms with E-state index >= 15 is 0 Å². The lowest BCUT2D eigenvalue weighted by molar-refractivity contribution is -0.0217. The average Bonchev–Trinajstić information content (AvgIpc) is 2.84. The fourth-order valence-corrected chi connectivity index (χ4v) is 1.93. The van der Waals surface area contributed by atoms with Crippen molar-refractivity contribution in [3.8, 4) is 0 Å². The minimum Gasteiger partial charge on any atom is -0.332 e. The predicted octanol–water partition coefficient (Wildman–Crippen LogP) is 2.26. The molecule has 2 atom stereocenters. The van der Waals surface area contributed by atoms with Crippen LogP contribution in [0.15, 0.2) is 24.3 Å². The summed E-state index contributed by atoms with van der Waals surface area (Å²) < 4.78 is 11.2. The highest BCUT2D eigenvalue weighted by atomic mass is 16.8. The molecule has 0 aromatic heterocycles. The summed E-state index contributed by atoms with van der Waals surface area (Å²) in [5.74, 6) is -0.528. The van der Waals surface area contributed by atoms with Crippen molar-refractivity contribution in [3.63, 3.8) is 0 Å². The summed E-state index contributed by atoms with van der Waals surface area (Å²) >= 11 is 0. The quantitative estimate of drug-likeness (QED) is 0.744. The van der Waals surface area contributed by atoms with E-state index in [9.17, 15) is 0 Å². The fourth-order valence-electron chi connectivity index (χ4n) is 1.93. The van der Waals surface area contributed by atoms with Crippen molar-refractivity contribution in [1.82, 2.24) is 0 Å². The maximum Gasteiger partial charge on any atom is 0.282 e. The Kier molecular flexibility index (Phi) is 1.60. The van der Waals surface area contributed by atoms with E-state index in [1.54, 1.807) is 0 Å². The van der Waals surface area contributed by atoms with E-state index < -0.39 is 5.91 Å². The monoisotopic (exact) mass is 191 g/mol. The maximum absolute atomic E-state index is 5.66. The van der Waals surface area contributed by atoms with Crippen LogP contribution in [0.4, 0.5) is 5.69 Å². The van der Waals surface area contributed by atoms with Gasteiger partial charge in [-0.25, -0.2) is 0 Å². The number of epoxide rings is 1. The lowest BCUT2D eigenvalue weighted by Gasteiger charge is -2.12. The highest BCUT2D eigenvalue weighted by Crippen LogP contribution is 2.57.